The quantitative estimate of drug-likeness (QED) is 0.723. The molecule has 2 aromatic carbocycles. The molecule has 3 aromatic rings. The van der Waals surface area contributed by atoms with Gasteiger partial charge in [-0.05, 0) is 61.7 Å². The zero-order valence-corrected chi connectivity index (χ0v) is 14.9. The van der Waals surface area contributed by atoms with Crippen LogP contribution in [0.5, 0.6) is 0 Å². The van der Waals surface area contributed by atoms with Crippen molar-refractivity contribution in [2.24, 2.45) is 0 Å². The summed E-state index contributed by atoms with van der Waals surface area (Å²) in [7, 11) is 0. The van der Waals surface area contributed by atoms with Gasteiger partial charge < -0.3 is 10.2 Å². The van der Waals surface area contributed by atoms with Crippen molar-refractivity contribution in [1.82, 2.24) is 9.88 Å². The Bertz CT molecular complexity index is 1030. The molecule has 0 atom stereocenters. The van der Waals surface area contributed by atoms with Crippen molar-refractivity contribution in [2.75, 3.05) is 18.4 Å². The van der Waals surface area contributed by atoms with Crippen molar-refractivity contribution in [3.8, 4) is 0 Å². The third-order valence-electron chi connectivity index (χ3n) is 4.90. The Kier molecular flexibility index (Phi) is 4.48. The zero-order valence-electron chi connectivity index (χ0n) is 14.9. The predicted molar refractivity (Wildman–Crippen MR) is 101 cm³/mol. The number of nitrogens with zero attached hydrogens (tertiary/aromatic N) is 2. The molecule has 6 heteroatoms. The Balaban J connectivity index is 1.87. The lowest BCUT2D eigenvalue weighted by molar-refractivity contribution is 0.0793. The molecule has 27 heavy (non-hydrogen) atoms. The van der Waals surface area contributed by atoms with Crippen LogP contribution in [-0.4, -0.2) is 28.9 Å². The lowest BCUT2D eigenvalue weighted by atomic mass is 10.1. The number of benzene rings is 2. The first-order chi connectivity index (χ1) is 13.0. The standard InChI is InChI=1S/C21H19F2N3O/c1-13-10-14(22)4-6-18(13)25-20-16-11-15(23)5-7-19(16)24-12-17(20)21(27)26-8-2-3-9-26/h4-7,10-12H,2-3,8-9H2,1H3,(H,24,25). The topological polar surface area (TPSA) is 45.2 Å². The summed E-state index contributed by atoms with van der Waals surface area (Å²) in [6.45, 7) is 3.18. The van der Waals surface area contributed by atoms with Crippen LogP contribution >= 0.6 is 0 Å². The van der Waals surface area contributed by atoms with E-state index in [1.165, 1.54) is 30.5 Å². The van der Waals surface area contributed by atoms with Crippen LogP contribution in [0.1, 0.15) is 28.8 Å². The molecule has 1 fully saturated rings. The molecular formula is C21H19F2N3O. The summed E-state index contributed by atoms with van der Waals surface area (Å²) in [4.78, 5) is 19.1. The van der Waals surface area contributed by atoms with E-state index in [2.05, 4.69) is 10.3 Å². The molecule has 1 amide bonds. The van der Waals surface area contributed by atoms with E-state index in [1.54, 1.807) is 24.0 Å². The number of carbonyl (C=O) groups is 1. The average molecular weight is 367 g/mol. The van der Waals surface area contributed by atoms with Crippen LogP contribution in [0.4, 0.5) is 20.2 Å². The van der Waals surface area contributed by atoms with Crippen LogP contribution in [-0.2, 0) is 0 Å². The lowest BCUT2D eigenvalue weighted by Crippen LogP contribution is -2.28. The summed E-state index contributed by atoms with van der Waals surface area (Å²) < 4.78 is 27.4. The second kappa shape index (κ2) is 6.95. The van der Waals surface area contributed by atoms with Crippen LogP contribution in [0.15, 0.2) is 42.6 Å². The van der Waals surface area contributed by atoms with Gasteiger partial charge in [0, 0.05) is 30.4 Å². The number of fused-ring (bicyclic) bond motifs is 1. The largest absolute Gasteiger partial charge is 0.354 e. The smallest absolute Gasteiger partial charge is 0.257 e. The third kappa shape index (κ3) is 3.35. The van der Waals surface area contributed by atoms with Gasteiger partial charge in [0.15, 0.2) is 0 Å². The number of pyridine rings is 1. The van der Waals surface area contributed by atoms with Gasteiger partial charge in [-0.15, -0.1) is 0 Å². The normalized spacial score (nSPS) is 14.0. The molecule has 1 saturated heterocycles. The molecule has 0 unspecified atom stereocenters. The molecule has 1 aliphatic rings. The van der Waals surface area contributed by atoms with Crippen molar-refractivity contribution >= 4 is 28.2 Å². The second-order valence-electron chi connectivity index (χ2n) is 6.79. The van der Waals surface area contributed by atoms with Crippen LogP contribution in [0, 0.1) is 18.6 Å². The van der Waals surface area contributed by atoms with Gasteiger partial charge in [0.1, 0.15) is 11.6 Å². The van der Waals surface area contributed by atoms with E-state index in [-0.39, 0.29) is 11.7 Å². The number of nitrogens with one attached hydrogen (secondary N) is 1. The summed E-state index contributed by atoms with van der Waals surface area (Å²) in [5.41, 5.74) is 2.81. The number of likely N-dealkylation sites (tertiary alicyclic amines) is 1. The number of hydrogen-bond donors (Lipinski definition) is 1. The molecule has 0 saturated carbocycles. The number of carbonyl (C=O) groups excluding carboxylic acids is 1. The van der Waals surface area contributed by atoms with Crippen LogP contribution < -0.4 is 5.32 Å². The number of amides is 1. The maximum absolute atomic E-state index is 13.9. The van der Waals surface area contributed by atoms with E-state index in [1.807, 2.05) is 0 Å². The molecule has 0 aliphatic carbocycles. The molecule has 138 valence electrons. The van der Waals surface area contributed by atoms with Crippen molar-refractivity contribution < 1.29 is 13.6 Å². The maximum atomic E-state index is 13.9. The number of aryl methyl sites for hydroxylation is 1. The van der Waals surface area contributed by atoms with Gasteiger partial charge in [0.05, 0.1) is 16.8 Å². The average Bonchev–Trinajstić information content (AvgIpc) is 3.18. The molecule has 1 N–H and O–H groups in total. The Morgan fingerprint density at radius 3 is 2.52 bits per heavy atom. The van der Waals surface area contributed by atoms with E-state index in [0.29, 0.717) is 46.5 Å². The second-order valence-corrected chi connectivity index (χ2v) is 6.79. The van der Waals surface area contributed by atoms with E-state index < -0.39 is 5.82 Å². The predicted octanol–water partition coefficient (Wildman–Crippen LogP) is 4.80. The first kappa shape index (κ1) is 17.4. The summed E-state index contributed by atoms with van der Waals surface area (Å²) in [5.74, 6) is -0.876. The van der Waals surface area contributed by atoms with E-state index >= 15 is 0 Å². The van der Waals surface area contributed by atoms with Crippen molar-refractivity contribution in [3.63, 3.8) is 0 Å². The van der Waals surface area contributed by atoms with Gasteiger partial charge in [-0.1, -0.05) is 0 Å². The highest BCUT2D eigenvalue weighted by Crippen LogP contribution is 2.32. The highest BCUT2D eigenvalue weighted by Gasteiger charge is 2.24. The number of aromatic nitrogens is 1. The number of halogens is 2. The fraction of sp³-hybridized carbons (Fsp3) is 0.238. The number of rotatable bonds is 3. The first-order valence-electron chi connectivity index (χ1n) is 8.93. The summed E-state index contributed by atoms with van der Waals surface area (Å²) >= 11 is 0. The Morgan fingerprint density at radius 2 is 1.78 bits per heavy atom. The maximum Gasteiger partial charge on any atom is 0.257 e. The number of hydrogen-bond acceptors (Lipinski definition) is 3. The van der Waals surface area contributed by atoms with Crippen molar-refractivity contribution in [3.05, 3.63) is 65.4 Å². The van der Waals surface area contributed by atoms with Crippen molar-refractivity contribution in [1.29, 1.82) is 0 Å². The SMILES string of the molecule is Cc1cc(F)ccc1Nc1c(C(=O)N2CCCC2)cnc2ccc(F)cc12. The fourth-order valence-corrected chi connectivity index (χ4v) is 3.45. The summed E-state index contributed by atoms with van der Waals surface area (Å²) in [6.07, 6.45) is 3.48. The van der Waals surface area contributed by atoms with Gasteiger partial charge in [-0.25, -0.2) is 8.78 Å². The van der Waals surface area contributed by atoms with Gasteiger partial charge >= 0.3 is 0 Å². The fourth-order valence-electron chi connectivity index (χ4n) is 3.45. The van der Waals surface area contributed by atoms with Crippen LogP contribution in [0.3, 0.4) is 0 Å². The monoisotopic (exact) mass is 367 g/mol. The van der Waals surface area contributed by atoms with Gasteiger partial charge in [0.2, 0.25) is 0 Å². The van der Waals surface area contributed by atoms with Crippen molar-refractivity contribution in [2.45, 2.75) is 19.8 Å². The van der Waals surface area contributed by atoms with E-state index in [0.717, 1.165) is 12.8 Å². The van der Waals surface area contributed by atoms with Gasteiger partial charge in [-0.3, -0.25) is 9.78 Å². The van der Waals surface area contributed by atoms with E-state index in [4.69, 9.17) is 0 Å². The molecule has 4 rings (SSSR count). The Morgan fingerprint density at radius 1 is 1.07 bits per heavy atom. The lowest BCUT2D eigenvalue weighted by Gasteiger charge is -2.20. The van der Waals surface area contributed by atoms with Gasteiger partial charge in [-0.2, -0.15) is 0 Å². The van der Waals surface area contributed by atoms with Crippen LogP contribution in [0.2, 0.25) is 0 Å². The van der Waals surface area contributed by atoms with Crippen LogP contribution in [0.25, 0.3) is 10.9 Å². The molecule has 2 heterocycles. The van der Waals surface area contributed by atoms with Gasteiger partial charge in [0.25, 0.3) is 5.91 Å². The Hall–Kier alpha value is -3.02. The number of anilines is 2. The molecule has 0 bridgehead atoms. The minimum absolute atomic E-state index is 0.131. The first-order valence-corrected chi connectivity index (χ1v) is 8.93. The minimum Gasteiger partial charge on any atom is -0.354 e. The molecule has 4 nitrogen and oxygen atoms in total. The minimum atomic E-state index is -0.408. The highest BCUT2D eigenvalue weighted by atomic mass is 19.1. The molecular weight excluding hydrogens is 348 g/mol. The molecule has 0 radical (unpaired) electrons. The zero-order chi connectivity index (χ0) is 19.0. The molecule has 1 aliphatic heterocycles. The molecule has 1 aromatic heterocycles. The van der Waals surface area contributed by atoms with E-state index in [9.17, 15) is 13.6 Å². The highest BCUT2D eigenvalue weighted by molar-refractivity contribution is 6.08. The third-order valence-corrected chi connectivity index (χ3v) is 4.90. The Labute approximate surface area is 155 Å². The molecule has 0 spiro atoms. The summed E-state index contributed by atoms with van der Waals surface area (Å²) in [5, 5.41) is 3.74. The summed E-state index contributed by atoms with van der Waals surface area (Å²) in [6, 6.07) is 8.65.